The first-order chi connectivity index (χ1) is 9.06. The first kappa shape index (κ1) is 13.5. The number of carbonyl (C=O) groups excluding carboxylic acids is 1. The third-order valence-electron chi connectivity index (χ3n) is 2.89. The zero-order valence-corrected chi connectivity index (χ0v) is 10.5. The number of hydrogen-bond acceptors (Lipinski definition) is 6. The summed E-state index contributed by atoms with van der Waals surface area (Å²) in [6.45, 7) is 2.31. The molecular weight excluding hydrogens is 254 g/mol. The molecule has 8 nitrogen and oxygen atoms in total. The van der Waals surface area contributed by atoms with E-state index in [-0.39, 0.29) is 24.4 Å². The molecule has 0 spiro atoms. The number of rotatable bonds is 4. The third kappa shape index (κ3) is 3.50. The number of aryl methyl sites for hydroxylation is 1. The Labute approximate surface area is 109 Å². The van der Waals surface area contributed by atoms with Crippen LogP contribution >= 0.6 is 0 Å². The lowest BCUT2D eigenvalue weighted by Gasteiger charge is -2.30. The monoisotopic (exact) mass is 269 g/mol. The van der Waals surface area contributed by atoms with Crippen molar-refractivity contribution in [1.29, 1.82) is 0 Å². The molecular formula is C11H15N3O5. The van der Waals surface area contributed by atoms with E-state index in [1.165, 1.54) is 0 Å². The number of likely N-dealkylation sites (tertiary alicyclic amines) is 1. The van der Waals surface area contributed by atoms with Gasteiger partial charge in [0.15, 0.2) is 0 Å². The Morgan fingerprint density at radius 2 is 2.16 bits per heavy atom. The first-order valence-electron chi connectivity index (χ1n) is 5.99. The lowest BCUT2D eigenvalue weighted by molar-refractivity contribution is -0.145. The van der Waals surface area contributed by atoms with Crippen LogP contribution in [-0.4, -0.2) is 57.8 Å². The van der Waals surface area contributed by atoms with Crippen molar-refractivity contribution in [1.82, 2.24) is 15.0 Å². The molecule has 1 fully saturated rings. The summed E-state index contributed by atoms with van der Waals surface area (Å²) in [6.07, 6.45) is 1.10. The Hall–Kier alpha value is -1.96. The predicted octanol–water partition coefficient (Wildman–Crippen LogP) is 0.0838. The van der Waals surface area contributed by atoms with Crippen LogP contribution in [-0.2, 0) is 9.53 Å². The maximum absolute atomic E-state index is 12.0. The topological polar surface area (TPSA) is 106 Å². The summed E-state index contributed by atoms with van der Waals surface area (Å²) in [4.78, 5) is 27.9. The zero-order valence-electron chi connectivity index (χ0n) is 10.5. The molecule has 19 heavy (non-hydrogen) atoms. The molecule has 1 N–H and O–H groups in total. The van der Waals surface area contributed by atoms with Gasteiger partial charge in [-0.1, -0.05) is 5.16 Å². The van der Waals surface area contributed by atoms with Crippen molar-refractivity contribution >= 4 is 11.9 Å². The van der Waals surface area contributed by atoms with Gasteiger partial charge in [0.25, 0.3) is 11.7 Å². The minimum Gasteiger partial charge on any atom is -0.480 e. The van der Waals surface area contributed by atoms with Gasteiger partial charge in [-0.25, -0.2) is 4.79 Å². The fraction of sp³-hybridized carbons (Fsp3) is 0.636. The number of amides is 1. The standard InChI is InChI=1S/C11H15N3O5/c1-7-12-10(13-19-7)11(17)14-4-2-8(3-5-14)18-6-9(15)16/h8H,2-6H2,1H3,(H,15,16). The van der Waals surface area contributed by atoms with Gasteiger partial charge in [-0.3, -0.25) is 4.79 Å². The fourth-order valence-corrected chi connectivity index (χ4v) is 1.94. The third-order valence-corrected chi connectivity index (χ3v) is 2.89. The maximum atomic E-state index is 12.0. The van der Waals surface area contributed by atoms with Crippen molar-refractivity contribution in [2.24, 2.45) is 0 Å². The molecule has 0 aliphatic carbocycles. The first-order valence-corrected chi connectivity index (χ1v) is 5.99. The van der Waals surface area contributed by atoms with Crippen LogP contribution in [0.15, 0.2) is 4.52 Å². The van der Waals surface area contributed by atoms with Gasteiger partial charge < -0.3 is 19.3 Å². The molecule has 0 aromatic carbocycles. The molecule has 2 rings (SSSR count). The van der Waals surface area contributed by atoms with E-state index >= 15 is 0 Å². The number of hydrogen-bond donors (Lipinski definition) is 1. The minimum absolute atomic E-state index is 0.0578. The van der Waals surface area contributed by atoms with Crippen LogP contribution in [0.4, 0.5) is 0 Å². The molecule has 1 aliphatic heterocycles. The van der Waals surface area contributed by atoms with Gasteiger partial charge in [0.05, 0.1) is 6.10 Å². The van der Waals surface area contributed by atoms with Crippen molar-refractivity contribution in [2.75, 3.05) is 19.7 Å². The van der Waals surface area contributed by atoms with Gasteiger partial charge in [-0.15, -0.1) is 0 Å². The molecule has 104 valence electrons. The number of carboxylic acid groups (broad SMARTS) is 1. The summed E-state index contributed by atoms with van der Waals surface area (Å²) < 4.78 is 9.96. The van der Waals surface area contributed by atoms with Crippen LogP contribution in [0.2, 0.25) is 0 Å². The number of ether oxygens (including phenoxy) is 1. The quantitative estimate of drug-likeness (QED) is 0.825. The second-order valence-electron chi connectivity index (χ2n) is 4.33. The van der Waals surface area contributed by atoms with E-state index in [0.717, 1.165) is 0 Å². The van der Waals surface area contributed by atoms with Crippen LogP contribution in [0.25, 0.3) is 0 Å². The van der Waals surface area contributed by atoms with Gasteiger partial charge in [0.2, 0.25) is 5.89 Å². The number of piperidine rings is 1. The summed E-state index contributed by atoms with van der Waals surface area (Å²) in [5, 5.41) is 12.1. The largest absolute Gasteiger partial charge is 0.480 e. The summed E-state index contributed by atoms with van der Waals surface area (Å²) in [5.41, 5.74) is 0. The van der Waals surface area contributed by atoms with Crippen molar-refractivity contribution < 1.29 is 24.0 Å². The van der Waals surface area contributed by atoms with Gasteiger partial charge in [-0.2, -0.15) is 4.98 Å². The van der Waals surface area contributed by atoms with E-state index in [0.29, 0.717) is 31.8 Å². The summed E-state index contributed by atoms with van der Waals surface area (Å²) >= 11 is 0. The fourth-order valence-electron chi connectivity index (χ4n) is 1.94. The highest BCUT2D eigenvalue weighted by atomic mass is 16.5. The second-order valence-corrected chi connectivity index (χ2v) is 4.33. The van der Waals surface area contributed by atoms with E-state index in [9.17, 15) is 9.59 Å². The van der Waals surface area contributed by atoms with Crippen molar-refractivity contribution in [2.45, 2.75) is 25.9 Å². The minimum atomic E-state index is -0.985. The highest BCUT2D eigenvalue weighted by Crippen LogP contribution is 2.15. The molecule has 1 aromatic rings. The SMILES string of the molecule is Cc1nc(C(=O)N2CCC(OCC(=O)O)CC2)no1. The molecule has 1 aromatic heterocycles. The smallest absolute Gasteiger partial charge is 0.329 e. The van der Waals surface area contributed by atoms with Crippen LogP contribution < -0.4 is 0 Å². The molecule has 0 bridgehead atoms. The Morgan fingerprint density at radius 1 is 1.47 bits per heavy atom. The number of nitrogens with zero attached hydrogens (tertiary/aromatic N) is 3. The van der Waals surface area contributed by atoms with Crippen LogP contribution in [0.1, 0.15) is 29.4 Å². The molecule has 1 aliphatic rings. The van der Waals surface area contributed by atoms with Gasteiger partial charge >= 0.3 is 5.97 Å². The molecule has 0 radical (unpaired) electrons. The van der Waals surface area contributed by atoms with Gasteiger partial charge in [0.1, 0.15) is 6.61 Å². The van der Waals surface area contributed by atoms with E-state index in [1.54, 1.807) is 11.8 Å². The number of carbonyl (C=O) groups is 2. The van der Waals surface area contributed by atoms with E-state index in [1.807, 2.05) is 0 Å². The maximum Gasteiger partial charge on any atom is 0.329 e. The van der Waals surface area contributed by atoms with Crippen LogP contribution in [0.5, 0.6) is 0 Å². The molecule has 0 unspecified atom stereocenters. The Bertz CT molecular complexity index is 465. The van der Waals surface area contributed by atoms with Crippen molar-refractivity contribution in [3.63, 3.8) is 0 Å². The van der Waals surface area contributed by atoms with E-state index < -0.39 is 5.97 Å². The highest BCUT2D eigenvalue weighted by molar-refractivity contribution is 5.90. The highest BCUT2D eigenvalue weighted by Gasteiger charge is 2.26. The molecule has 0 saturated carbocycles. The Balaban J connectivity index is 1.83. The van der Waals surface area contributed by atoms with Crippen LogP contribution in [0, 0.1) is 6.92 Å². The second kappa shape index (κ2) is 5.79. The molecule has 8 heteroatoms. The van der Waals surface area contributed by atoms with Crippen molar-refractivity contribution in [3.05, 3.63) is 11.7 Å². The summed E-state index contributed by atoms with van der Waals surface area (Å²) in [6, 6.07) is 0. The Kier molecular flexibility index (Phi) is 4.10. The normalized spacial score (nSPS) is 16.6. The number of aliphatic carboxylic acids is 1. The summed E-state index contributed by atoms with van der Waals surface area (Å²) in [5.74, 6) is -0.847. The Morgan fingerprint density at radius 3 is 2.68 bits per heavy atom. The lowest BCUT2D eigenvalue weighted by atomic mass is 10.1. The number of aromatic nitrogens is 2. The molecule has 1 amide bonds. The molecule has 0 atom stereocenters. The average Bonchev–Trinajstić information content (AvgIpc) is 2.83. The lowest BCUT2D eigenvalue weighted by Crippen LogP contribution is -2.41. The molecule has 2 heterocycles. The average molecular weight is 269 g/mol. The predicted molar refractivity (Wildman–Crippen MR) is 61.5 cm³/mol. The van der Waals surface area contributed by atoms with E-state index in [2.05, 4.69) is 10.1 Å². The molecule has 1 saturated heterocycles. The van der Waals surface area contributed by atoms with Crippen LogP contribution in [0.3, 0.4) is 0 Å². The van der Waals surface area contributed by atoms with Gasteiger partial charge in [-0.05, 0) is 12.8 Å². The number of carboxylic acids is 1. The van der Waals surface area contributed by atoms with Gasteiger partial charge in [0, 0.05) is 20.0 Å². The van der Waals surface area contributed by atoms with E-state index in [4.69, 9.17) is 14.4 Å². The van der Waals surface area contributed by atoms with Crippen molar-refractivity contribution in [3.8, 4) is 0 Å². The zero-order chi connectivity index (χ0) is 13.8. The summed E-state index contributed by atoms with van der Waals surface area (Å²) in [7, 11) is 0.